The van der Waals surface area contributed by atoms with E-state index in [1.807, 2.05) is 30.5 Å². The van der Waals surface area contributed by atoms with Gasteiger partial charge in [-0.05, 0) is 31.5 Å². The minimum atomic E-state index is -4.41. The first-order valence-electron chi connectivity index (χ1n) is 8.64. The largest absolute Gasteiger partial charge is 0.416 e. The van der Waals surface area contributed by atoms with Crippen LogP contribution < -0.4 is 0 Å². The molecule has 2 nitrogen and oxygen atoms in total. The van der Waals surface area contributed by atoms with Crippen LogP contribution in [0, 0.1) is 0 Å². The van der Waals surface area contributed by atoms with Crippen LogP contribution >= 0.6 is 0 Å². The summed E-state index contributed by atoms with van der Waals surface area (Å²) in [5.41, 5.74) is 0.976. The molecule has 0 bridgehead atoms. The second kappa shape index (κ2) is 6.98. The summed E-state index contributed by atoms with van der Waals surface area (Å²) in [4.78, 5) is 12.9. The Balaban J connectivity index is 2.03. The number of hydrogen-bond donors (Lipinski definition) is 0. The molecule has 1 heterocycles. The van der Waals surface area contributed by atoms with E-state index in [0.717, 1.165) is 35.9 Å². The van der Waals surface area contributed by atoms with E-state index in [1.54, 1.807) is 0 Å². The second-order valence-corrected chi connectivity index (χ2v) is 6.51. The van der Waals surface area contributed by atoms with E-state index in [4.69, 9.17) is 0 Å². The summed E-state index contributed by atoms with van der Waals surface area (Å²) < 4.78 is 40.3. The van der Waals surface area contributed by atoms with E-state index in [9.17, 15) is 18.0 Å². The number of fused-ring (bicyclic) bond motifs is 1. The number of carbonyl (C=O) groups excluding carboxylic acids is 1. The number of aromatic nitrogens is 1. The van der Waals surface area contributed by atoms with Gasteiger partial charge in [-0.25, -0.2) is 0 Å². The molecule has 0 saturated carbocycles. The Morgan fingerprint density at radius 2 is 1.73 bits per heavy atom. The maximum atomic E-state index is 12.9. The first-order chi connectivity index (χ1) is 12.3. The Hall–Kier alpha value is -2.56. The lowest BCUT2D eigenvalue weighted by molar-refractivity contribution is -0.137. The van der Waals surface area contributed by atoms with Crippen molar-refractivity contribution in [3.05, 3.63) is 71.4 Å². The van der Waals surface area contributed by atoms with Crippen molar-refractivity contribution in [1.29, 1.82) is 0 Å². The van der Waals surface area contributed by atoms with Crippen molar-refractivity contribution in [2.45, 2.75) is 38.9 Å². The van der Waals surface area contributed by atoms with Gasteiger partial charge in [-0.2, -0.15) is 13.2 Å². The first-order valence-corrected chi connectivity index (χ1v) is 8.64. The smallest absolute Gasteiger partial charge is 0.344 e. The van der Waals surface area contributed by atoms with Crippen molar-refractivity contribution < 1.29 is 18.0 Å². The van der Waals surface area contributed by atoms with Crippen LogP contribution in [-0.2, 0) is 6.18 Å². The Bertz CT molecular complexity index is 923. The van der Waals surface area contributed by atoms with Crippen molar-refractivity contribution in [2.24, 2.45) is 0 Å². The van der Waals surface area contributed by atoms with Crippen LogP contribution in [0.1, 0.15) is 54.2 Å². The van der Waals surface area contributed by atoms with Crippen molar-refractivity contribution in [2.75, 3.05) is 0 Å². The number of alkyl halides is 3. The highest BCUT2D eigenvalue weighted by molar-refractivity contribution is 6.16. The molecule has 0 fully saturated rings. The predicted molar refractivity (Wildman–Crippen MR) is 96.4 cm³/mol. The van der Waals surface area contributed by atoms with Gasteiger partial charge in [0.1, 0.15) is 0 Å². The first kappa shape index (κ1) is 18.2. The molecule has 0 amide bonds. The van der Waals surface area contributed by atoms with Crippen LogP contribution in [0.3, 0.4) is 0 Å². The average molecular weight is 359 g/mol. The lowest BCUT2D eigenvalue weighted by Gasteiger charge is -2.13. The van der Waals surface area contributed by atoms with Gasteiger partial charge in [-0.15, -0.1) is 0 Å². The molecule has 5 heteroatoms. The zero-order valence-electron chi connectivity index (χ0n) is 14.7. The number of hydrogen-bond acceptors (Lipinski definition) is 1. The third-order valence-corrected chi connectivity index (χ3v) is 4.64. The Morgan fingerprint density at radius 1 is 1.08 bits per heavy atom. The van der Waals surface area contributed by atoms with Crippen LogP contribution in [0.25, 0.3) is 10.9 Å². The lowest BCUT2D eigenvalue weighted by atomic mass is 10.0. The summed E-state index contributed by atoms with van der Waals surface area (Å²) in [5, 5.41) is 0.820. The number of rotatable bonds is 5. The fourth-order valence-corrected chi connectivity index (χ4v) is 3.27. The van der Waals surface area contributed by atoms with E-state index in [0.29, 0.717) is 5.56 Å². The molecule has 0 saturated heterocycles. The number of carbonyl (C=O) groups is 1. The van der Waals surface area contributed by atoms with E-state index in [2.05, 4.69) is 18.4 Å². The van der Waals surface area contributed by atoms with Gasteiger partial charge in [0.2, 0.25) is 0 Å². The maximum absolute atomic E-state index is 12.9. The highest BCUT2D eigenvalue weighted by Gasteiger charge is 2.30. The third-order valence-electron chi connectivity index (χ3n) is 4.64. The number of benzene rings is 2. The summed E-state index contributed by atoms with van der Waals surface area (Å²) >= 11 is 0. The summed E-state index contributed by atoms with van der Waals surface area (Å²) in [6.45, 7) is 4.21. The molecule has 1 unspecified atom stereocenters. The fraction of sp³-hybridized carbons (Fsp3) is 0.286. The van der Waals surface area contributed by atoms with Gasteiger partial charge >= 0.3 is 6.18 Å². The molecule has 1 atom stereocenters. The SMILES string of the molecule is CCCC(C)n1cc(C(=O)c2ccc(C(F)(F)F)cc2)c2ccccc21. The van der Waals surface area contributed by atoms with Crippen LogP contribution in [0.4, 0.5) is 13.2 Å². The van der Waals surface area contributed by atoms with Crippen LogP contribution in [0.2, 0.25) is 0 Å². The minimum Gasteiger partial charge on any atom is -0.344 e. The molecule has 136 valence electrons. The van der Waals surface area contributed by atoms with Crippen LogP contribution in [-0.4, -0.2) is 10.4 Å². The maximum Gasteiger partial charge on any atom is 0.416 e. The van der Waals surface area contributed by atoms with Gasteiger partial charge in [-0.3, -0.25) is 4.79 Å². The molecule has 0 aliphatic heterocycles. The molecule has 3 rings (SSSR count). The molecule has 0 radical (unpaired) electrons. The number of nitrogens with zero attached hydrogens (tertiary/aromatic N) is 1. The van der Waals surface area contributed by atoms with E-state index < -0.39 is 11.7 Å². The monoisotopic (exact) mass is 359 g/mol. The highest BCUT2D eigenvalue weighted by atomic mass is 19.4. The van der Waals surface area contributed by atoms with Gasteiger partial charge in [0.15, 0.2) is 5.78 Å². The average Bonchev–Trinajstić information content (AvgIpc) is 3.00. The third kappa shape index (κ3) is 3.39. The van der Waals surface area contributed by atoms with Crippen molar-refractivity contribution in [3.8, 4) is 0 Å². The predicted octanol–water partition coefficient (Wildman–Crippen LogP) is 6.25. The molecular formula is C21H20F3NO. The van der Waals surface area contributed by atoms with E-state index >= 15 is 0 Å². The Labute approximate surface area is 150 Å². The fourth-order valence-electron chi connectivity index (χ4n) is 3.27. The molecule has 0 aliphatic carbocycles. The topological polar surface area (TPSA) is 22.0 Å². The van der Waals surface area contributed by atoms with Gasteiger partial charge in [-0.1, -0.05) is 43.7 Å². The molecule has 3 aromatic rings. The molecule has 26 heavy (non-hydrogen) atoms. The Morgan fingerprint density at radius 3 is 2.35 bits per heavy atom. The zero-order valence-corrected chi connectivity index (χ0v) is 14.7. The van der Waals surface area contributed by atoms with E-state index in [-0.39, 0.29) is 17.4 Å². The van der Waals surface area contributed by atoms with Crippen LogP contribution in [0.15, 0.2) is 54.7 Å². The molecule has 0 spiro atoms. The summed E-state index contributed by atoms with van der Waals surface area (Å²) in [5.74, 6) is -0.266. The quantitative estimate of drug-likeness (QED) is 0.493. The molecule has 1 aromatic heterocycles. The lowest BCUT2D eigenvalue weighted by Crippen LogP contribution is -2.07. The minimum absolute atomic E-state index is 0.235. The van der Waals surface area contributed by atoms with Gasteiger partial charge in [0, 0.05) is 34.3 Å². The molecule has 0 aliphatic rings. The summed E-state index contributed by atoms with van der Waals surface area (Å²) in [7, 11) is 0. The van der Waals surface area contributed by atoms with Crippen LogP contribution in [0.5, 0.6) is 0 Å². The number of para-hydroxylation sites is 1. The second-order valence-electron chi connectivity index (χ2n) is 6.51. The number of ketones is 1. The van der Waals surface area contributed by atoms with E-state index in [1.165, 1.54) is 12.1 Å². The Kier molecular flexibility index (Phi) is 4.90. The molecule has 0 N–H and O–H groups in total. The number of halogens is 3. The molecule has 2 aromatic carbocycles. The normalized spacial score (nSPS) is 13.1. The molecular weight excluding hydrogens is 339 g/mol. The van der Waals surface area contributed by atoms with Gasteiger partial charge < -0.3 is 4.57 Å². The summed E-state index contributed by atoms with van der Waals surface area (Å²) in [6, 6.07) is 12.2. The summed E-state index contributed by atoms with van der Waals surface area (Å²) in [6.07, 6.45) is -0.583. The van der Waals surface area contributed by atoms with Crippen molar-refractivity contribution in [1.82, 2.24) is 4.57 Å². The van der Waals surface area contributed by atoms with Crippen molar-refractivity contribution >= 4 is 16.7 Å². The highest BCUT2D eigenvalue weighted by Crippen LogP contribution is 2.31. The zero-order chi connectivity index (χ0) is 18.9. The van der Waals surface area contributed by atoms with Crippen molar-refractivity contribution in [3.63, 3.8) is 0 Å². The standard InChI is InChI=1S/C21H20F3NO/c1-3-6-14(2)25-13-18(17-7-4-5-8-19(17)25)20(26)15-9-11-16(12-10-15)21(22,23)24/h4-5,7-14H,3,6H2,1-2H3. The van der Waals surface area contributed by atoms with Gasteiger partial charge in [0.05, 0.1) is 5.56 Å². The van der Waals surface area contributed by atoms with Gasteiger partial charge in [0.25, 0.3) is 0 Å².